The number of anilines is 1. The monoisotopic (exact) mass is 537 g/mol. The number of aromatic amines is 1. The summed E-state index contributed by atoms with van der Waals surface area (Å²) in [7, 11) is 2.15. The maximum atomic E-state index is 14.8. The van der Waals surface area contributed by atoms with Gasteiger partial charge in [-0.15, -0.1) is 0 Å². The largest absolute Gasteiger partial charge is 0.444 e. The number of nitrogens with one attached hydrogen (secondary N) is 2. The number of piperazine rings is 1. The first-order valence-electron chi connectivity index (χ1n) is 13.0. The highest BCUT2D eigenvalue weighted by Gasteiger charge is 2.30. The van der Waals surface area contributed by atoms with Crippen molar-refractivity contribution in [1.29, 1.82) is 0 Å². The zero-order chi connectivity index (χ0) is 26.9. The lowest BCUT2D eigenvalue weighted by molar-refractivity contribution is 0.0811. The lowest BCUT2D eigenvalue weighted by atomic mass is 9.90. The number of oxazole rings is 1. The number of aromatic nitrogens is 6. The molecule has 1 saturated heterocycles. The molecular weight excluding hydrogens is 508 g/mol. The summed E-state index contributed by atoms with van der Waals surface area (Å²) in [5.74, 6) is -1.93. The van der Waals surface area contributed by atoms with Gasteiger partial charge >= 0.3 is 0 Å². The van der Waals surface area contributed by atoms with Crippen LogP contribution in [0.1, 0.15) is 42.2 Å². The van der Waals surface area contributed by atoms with Crippen molar-refractivity contribution in [3.8, 4) is 22.8 Å². The summed E-state index contributed by atoms with van der Waals surface area (Å²) in [4.78, 5) is 25.9. The van der Waals surface area contributed by atoms with E-state index in [-0.39, 0.29) is 34.7 Å². The molecule has 5 heterocycles. The van der Waals surface area contributed by atoms with Crippen LogP contribution in [-0.2, 0) is 0 Å². The van der Waals surface area contributed by atoms with Gasteiger partial charge < -0.3 is 14.6 Å². The van der Waals surface area contributed by atoms with E-state index < -0.39 is 17.7 Å². The third-order valence-electron chi connectivity index (χ3n) is 7.59. The molecule has 0 spiro atoms. The first-order chi connectivity index (χ1) is 18.9. The van der Waals surface area contributed by atoms with Crippen LogP contribution in [0.5, 0.6) is 0 Å². The Hall–Kier alpha value is -3.97. The third-order valence-corrected chi connectivity index (χ3v) is 7.59. The number of amides is 1. The topological polar surface area (TPSA) is 121 Å². The Kier molecular flexibility index (Phi) is 6.92. The second kappa shape index (κ2) is 10.7. The summed E-state index contributed by atoms with van der Waals surface area (Å²) in [6.07, 6.45) is 9.82. The minimum Gasteiger partial charge on any atom is -0.444 e. The molecule has 39 heavy (non-hydrogen) atoms. The van der Waals surface area contributed by atoms with Crippen molar-refractivity contribution in [2.75, 3.05) is 38.5 Å². The Morgan fingerprint density at radius 2 is 1.82 bits per heavy atom. The Balaban J connectivity index is 1.23. The molecule has 6 rings (SSSR count). The number of likely N-dealkylation sites (N-methyl/N-ethyl adjacent to an activating group) is 1. The molecule has 0 aromatic carbocycles. The summed E-state index contributed by atoms with van der Waals surface area (Å²) < 4.78 is 35.9. The van der Waals surface area contributed by atoms with Gasteiger partial charge in [0.1, 0.15) is 17.7 Å². The van der Waals surface area contributed by atoms with Gasteiger partial charge in [-0.05, 0) is 44.9 Å². The second-order valence-electron chi connectivity index (χ2n) is 10.1. The number of nitrogens with zero attached hydrogens (tertiary/aromatic N) is 7. The van der Waals surface area contributed by atoms with Gasteiger partial charge in [0.25, 0.3) is 5.91 Å². The fraction of sp³-hybridized carbons (Fsp3) is 0.423. The van der Waals surface area contributed by atoms with Crippen molar-refractivity contribution in [2.45, 2.75) is 37.8 Å². The maximum Gasteiger partial charge on any atom is 0.277 e. The van der Waals surface area contributed by atoms with Crippen LogP contribution in [0.3, 0.4) is 0 Å². The first-order valence-corrected chi connectivity index (χ1v) is 13.0. The lowest BCUT2D eigenvalue weighted by Gasteiger charge is -2.41. The molecule has 1 saturated carbocycles. The third kappa shape index (κ3) is 5.32. The number of hydrogen-bond donors (Lipinski definition) is 2. The lowest BCUT2D eigenvalue weighted by Crippen LogP contribution is -2.49. The van der Waals surface area contributed by atoms with Crippen LogP contribution in [0.4, 0.5) is 14.5 Å². The molecule has 2 aliphatic rings. The van der Waals surface area contributed by atoms with Crippen molar-refractivity contribution >= 4 is 11.6 Å². The normalized spacial score (nSPS) is 20.8. The summed E-state index contributed by atoms with van der Waals surface area (Å²) >= 11 is 0. The molecule has 4 aromatic heterocycles. The predicted molar refractivity (Wildman–Crippen MR) is 138 cm³/mol. The van der Waals surface area contributed by atoms with E-state index in [1.54, 1.807) is 17.1 Å². The van der Waals surface area contributed by atoms with E-state index in [0.29, 0.717) is 11.6 Å². The summed E-state index contributed by atoms with van der Waals surface area (Å²) in [6, 6.07) is 2.54. The first kappa shape index (κ1) is 25.3. The van der Waals surface area contributed by atoms with E-state index in [1.165, 1.54) is 12.5 Å². The van der Waals surface area contributed by atoms with Crippen molar-refractivity contribution in [3.05, 3.63) is 54.4 Å². The van der Waals surface area contributed by atoms with E-state index in [9.17, 15) is 13.6 Å². The molecule has 2 N–H and O–H groups in total. The number of H-pyrrole nitrogens is 1. The second-order valence-corrected chi connectivity index (χ2v) is 10.1. The Labute approximate surface area is 223 Å². The van der Waals surface area contributed by atoms with Crippen molar-refractivity contribution < 1.29 is 18.0 Å². The molecule has 4 aromatic rings. The minimum absolute atomic E-state index is 0.0188. The molecule has 0 atom stereocenters. The van der Waals surface area contributed by atoms with Gasteiger partial charge in [-0.3, -0.25) is 19.5 Å². The van der Waals surface area contributed by atoms with E-state index in [1.807, 2.05) is 0 Å². The number of carbonyl (C=O) groups is 1. The van der Waals surface area contributed by atoms with Crippen LogP contribution in [0.25, 0.3) is 22.8 Å². The van der Waals surface area contributed by atoms with Crippen molar-refractivity contribution in [2.24, 2.45) is 0 Å². The Bertz CT molecular complexity index is 1440. The zero-order valence-electron chi connectivity index (χ0n) is 21.5. The average Bonchev–Trinajstić information content (AvgIpc) is 3.72. The molecule has 13 heteroatoms. The molecule has 204 valence electrons. The van der Waals surface area contributed by atoms with Crippen molar-refractivity contribution in [1.82, 2.24) is 39.7 Å². The van der Waals surface area contributed by atoms with Gasteiger partial charge in [-0.1, -0.05) is 0 Å². The highest BCUT2D eigenvalue weighted by atomic mass is 19.1. The van der Waals surface area contributed by atoms with E-state index in [0.717, 1.165) is 64.0 Å². The standard InChI is InChI=1S/C26H29F2N9O2/c1-35-8-10-36(11-9-35)17-2-4-18(5-3-17)37-14-20(24(34-37)23-19(27)6-7-22(28)33-23)31-25(38)21-15-39-26(32-21)16-12-29-30-13-16/h6-7,12-15,17-18H,2-5,8-11H2,1H3,(H,29,30)(H,31,38)/t17-,18+. The van der Waals surface area contributed by atoms with Crippen molar-refractivity contribution in [3.63, 3.8) is 0 Å². The molecular formula is C26H29F2N9O2. The Morgan fingerprint density at radius 1 is 1.05 bits per heavy atom. The molecule has 2 fully saturated rings. The van der Waals surface area contributed by atoms with Gasteiger partial charge in [0.15, 0.2) is 11.5 Å². The molecule has 1 amide bonds. The van der Waals surface area contributed by atoms with E-state index >= 15 is 0 Å². The molecule has 0 bridgehead atoms. The van der Waals surface area contributed by atoms with Crippen LogP contribution >= 0.6 is 0 Å². The number of hydrogen-bond acceptors (Lipinski definition) is 8. The van der Waals surface area contributed by atoms with E-state index in [4.69, 9.17) is 4.42 Å². The van der Waals surface area contributed by atoms with Crippen LogP contribution in [0, 0.1) is 11.8 Å². The van der Waals surface area contributed by atoms with Crippen LogP contribution in [-0.4, -0.2) is 84.9 Å². The highest BCUT2D eigenvalue weighted by molar-refractivity contribution is 6.04. The fourth-order valence-corrected chi connectivity index (χ4v) is 5.37. The van der Waals surface area contributed by atoms with Crippen LogP contribution < -0.4 is 5.32 Å². The summed E-state index contributed by atoms with van der Waals surface area (Å²) in [6.45, 7) is 4.30. The van der Waals surface area contributed by atoms with Gasteiger partial charge in [-0.2, -0.15) is 14.6 Å². The van der Waals surface area contributed by atoms with Gasteiger partial charge in [0.2, 0.25) is 11.8 Å². The molecule has 1 aliphatic heterocycles. The molecule has 11 nitrogen and oxygen atoms in total. The van der Waals surface area contributed by atoms with Gasteiger partial charge in [0, 0.05) is 44.6 Å². The number of rotatable bonds is 6. The summed E-state index contributed by atoms with van der Waals surface area (Å²) in [5.41, 5.74) is 0.603. The molecule has 0 radical (unpaired) electrons. The Morgan fingerprint density at radius 3 is 2.56 bits per heavy atom. The number of pyridine rings is 1. The quantitative estimate of drug-likeness (QED) is 0.358. The molecule has 1 aliphatic carbocycles. The van der Waals surface area contributed by atoms with Gasteiger partial charge in [0.05, 0.1) is 23.5 Å². The fourth-order valence-electron chi connectivity index (χ4n) is 5.37. The SMILES string of the molecule is CN1CCN([C@H]2CC[C@@H](n3cc(NC(=O)c4coc(-c5cn[nH]c5)n4)c(-c4nc(F)ccc4F)n3)CC2)CC1. The molecule has 0 unspecified atom stereocenters. The van der Waals surface area contributed by atoms with Crippen LogP contribution in [0.15, 0.2) is 41.4 Å². The number of carbonyl (C=O) groups excluding carboxylic acids is 1. The minimum atomic E-state index is -0.841. The van der Waals surface area contributed by atoms with Crippen LogP contribution in [0.2, 0.25) is 0 Å². The maximum absolute atomic E-state index is 14.8. The highest BCUT2D eigenvalue weighted by Crippen LogP contribution is 2.35. The zero-order valence-corrected chi connectivity index (χ0v) is 21.5. The average molecular weight is 538 g/mol. The summed E-state index contributed by atoms with van der Waals surface area (Å²) in [5, 5.41) is 13.9. The van der Waals surface area contributed by atoms with Gasteiger partial charge in [-0.25, -0.2) is 14.4 Å². The number of halogens is 2. The smallest absolute Gasteiger partial charge is 0.277 e. The predicted octanol–water partition coefficient (Wildman–Crippen LogP) is 3.58. The van der Waals surface area contributed by atoms with E-state index in [2.05, 4.69) is 47.4 Å².